The van der Waals surface area contributed by atoms with E-state index >= 15 is 0 Å². The first-order chi connectivity index (χ1) is 14.6. The SMILES string of the molecule is COCCCN1C(=S)N[C@@H](c2ccccn2)[C@@H]1c1cc(C)n(-c2ccccc2)c1C. The van der Waals surface area contributed by atoms with Gasteiger partial charge < -0.3 is 19.5 Å². The van der Waals surface area contributed by atoms with Gasteiger partial charge in [-0.25, -0.2) is 0 Å². The van der Waals surface area contributed by atoms with Crippen LogP contribution in [-0.4, -0.2) is 39.8 Å². The molecule has 2 aromatic heterocycles. The van der Waals surface area contributed by atoms with E-state index in [1.165, 1.54) is 22.6 Å². The number of para-hydroxylation sites is 1. The van der Waals surface area contributed by atoms with Crippen molar-refractivity contribution >= 4 is 17.3 Å². The average Bonchev–Trinajstić information content (AvgIpc) is 3.25. The molecular formula is C24H28N4OS. The molecule has 6 heteroatoms. The summed E-state index contributed by atoms with van der Waals surface area (Å²) in [5, 5.41) is 4.31. The van der Waals surface area contributed by atoms with Gasteiger partial charge in [0, 0.05) is 43.5 Å². The number of ether oxygens (including phenoxy) is 1. The Kier molecular flexibility index (Phi) is 6.16. The van der Waals surface area contributed by atoms with E-state index in [0.717, 1.165) is 23.8 Å². The second-order valence-corrected chi connectivity index (χ2v) is 8.05. The van der Waals surface area contributed by atoms with Gasteiger partial charge in [0.1, 0.15) is 0 Å². The van der Waals surface area contributed by atoms with Crippen LogP contribution < -0.4 is 5.32 Å². The number of thiocarbonyl (C=S) groups is 1. The molecule has 3 heterocycles. The Morgan fingerprint density at radius 1 is 1.10 bits per heavy atom. The molecule has 5 nitrogen and oxygen atoms in total. The Morgan fingerprint density at radius 3 is 2.57 bits per heavy atom. The van der Waals surface area contributed by atoms with E-state index in [9.17, 15) is 0 Å². The highest BCUT2D eigenvalue weighted by Gasteiger charge is 2.41. The smallest absolute Gasteiger partial charge is 0.170 e. The Bertz CT molecular complexity index is 1000. The zero-order valence-corrected chi connectivity index (χ0v) is 18.5. The van der Waals surface area contributed by atoms with Crippen molar-refractivity contribution in [2.24, 2.45) is 0 Å². The van der Waals surface area contributed by atoms with Gasteiger partial charge >= 0.3 is 0 Å². The molecule has 0 radical (unpaired) electrons. The summed E-state index contributed by atoms with van der Waals surface area (Å²) in [6.07, 6.45) is 2.76. The minimum absolute atomic E-state index is 0.00553. The van der Waals surface area contributed by atoms with Crippen LogP contribution in [0.5, 0.6) is 0 Å². The van der Waals surface area contributed by atoms with Gasteiger partial charge in [-0.1, -0.05) is 24.3 Å². The lowest BCUT2D eigenvalue weighted by molar-refractivity contribution is 0.180. The van der Waals surface area contributed by atoms with E-state index in [1.807, 2.05) is 24.4 Å². The molecule has 0 saturated carbocycles. The van der Waals surface area contributed by atoms with Crippen LogP contribution in [0.25, 0.3) is 5.69 Å². The van der Waals surface area contributed by atoms with Gasteiger partial charge in [0.15, 0.2) is 5.11 Å². The normalized spacial score (nSPS) is 18.6. The van der Waals surface area contributed by atoms with E-state index in [4.69, 9.17) is 17.0 Å². The minimum atomic E-state index is 0.00553. The molecule has 0 bridgehead atoms. The largest absolute Gasteiger partial charge is 0.385 e. The zero-order valence-electron chi connectivity index (χ0n) is 17.7. The minimum Gasteiger partial charge on any atom is -0.385 e. The number of aryl methyl sites for hydroxylation is 1. The third-order valence-electron chi connectivity index (χ3n) is 5.75. The molecular weight excluding hydrogens is 392 g/mol. The van der Waals surface area contributed by atoms with Crippen molar-refractivity contribution < 1.29 is 4.74 Å². The second kappa shape index (κ2) is 8.98. The molecule has 30 heavy (non-hydrogen) atoms. The number of nitrogens with one attached hydrogen (secondary N) is 1. The molecule has 1 saturated heterocycles. The lowest BCUT2D eigenvalue weighted by atomic mass is 9.96. The van der Waals surface area contributed by atoms with Crippen molar-refractivity contribution in [3.63, 3.8) is 0 Å². The van der Waals surface area contributed by atoms with Crippen molar-refractivity contribution in [3.8, 4) is 5.69 Å². The van der Waals surface area contributed by atoms with Gasteiger partial charge in [0.05, 0.1) is 17.8 Å². The van der Waals surface area contributed by atoms with Gasteiger partial charge in [-0.3, -0.25) is 4.98 Å². The Labute approximate surface area is 183 Å². The van der Waals surface area contributed by atoms with Crippen molar-refractivity contribution in [2.45, 2.75) is 32.4 Å². The number of aromatic nitrogens is 2. The molecule has 1 aromatic carbocycles. The maximum atomic E-state index is 5.76. The van der Waals surface area contributed by atoms with Crippen molar-refractivity contribution in [3.05, 3.63) is 83.4 Å². The number of pyridine rings is 1. The van der Waals surface area contributed by atoms with Crippen LogP contribution in [0.3, 0.4) is 0 Å². The third-order valence-corrected chi connectivity index (χ3v) is 6.10. The number of methoxy groups -OCH3 is 1. The number of hydrogen-bond acceptors (Lipinski definition) is 3. The highest BCUT2D eigenvalue weighted by molar-refractivity contribution is 7.80. The third kappa shape index (κ3) is 3.85. The van der Waals surface area contributed by atoms with Crippen LogP contribution in [0.1, 0.15) is 41.1 Å². The van der Waals surface area contributed by atoms with Crippen LogP contribution in [0.15, 0.2) is 60.8 Å². The monoisotopic (exact) mass is 420 g/mol. The summed E-state index contributed by atoms with van der Waals surface area (Å²) in [6.45, 7) is 5.90. The van der Waals surface area contributed by atoms with Crippen LogP contribution in [-0.2, 0) is 4.74 Å². The molecule has 1 aliphatic rings. The van der Waals surface area contributed by atoms with Gasteiger partial charge in [-0.05, 0) is 68.4 Å². The highest BCUT2D eigenvalue weighted by Crippen LogP contribution is 2.41. The Balaban J connectivity index is 1.78. The number of benzene rings is 1. The predicted octanol–water partition coefficient (Wildman–Crippen LogP) is 4.50. The van der Waals surface area contributed by atoms with Crippen molar-refractivity contribution in [2.75, 3.05) is 20.3 Å². The van der Waals surface area contributed by atoms with Gasteiger partial charge in [0.25, 0.3) is 0 Å². The fourth-order valence-electron chi connectivity index (χ4n) is 4.43. The van der Waals surface area contributed by atoms with E-state index in [0.29, 0.717) is 6.61 Å². The van der Waals surface area contributed by atoms with Crippen molar-refractivity contribution in [1.29, 1.82) is 0 Å². The predicted molar refractivity (Wildman–Crippen MR) is 124 cm³/mol. The standard InChI is InChI=1S/C24H28N4OS/c1-17-16-20(18(2)28(17)19-10-5-4-6-11-19)23-22(21-12-7-8-13-25-21)26-24(30)27(23)14-9-15-29-3/h4-8,10-13,16,22-23H,9,14-15H2,1-3H3,(H,26,30)/t22-,23-/m0/s1. The lowest BCUT2D eigenvalue weighted by Crippen LogP contribution is -2.31. The van der Waals surface area contributed by atoms with E-state index in [2.05, 4.69) is 70.0 Å². The van der Waals surface area contributed by atoms with E-state index in [-0.39, 0.29) is 12.1 Å². The summed E-state index contributed by atoms with van der Waals surface area (Å²) in [4.78, 5) is 6.94. The number of nitrogens with zero attached hydrogens (tertiary/aromatic N) is 3. The zero-order chi connectivity index (χ0) is 21.1. The lowest BCUT2D eigenvalue weighted by Gasteiger charge is -2.28. The number of hydrogen-bond donors (Lipinski definition) is 1. The summed E-state index contributed by atoms with van der Waals surface area (Å²) in [5.41, 5.74) is 5.89. The molecule has 0 aliphatic carbocycles. The first kappa shape index (κ1) is 20.6. The van der Waals surface area contributed by atoms with Crippen LogP contribution in [0.2, 0.25) is 0 Å². The maximum absolute atomic E-state index is 5.76. The summed E-state index contributed by atoms with van der Waals surface area (Å²) in [5.74, 6) is 0. The molecule has 1 aliphatic heterocycles. The van der Waals surface area contributed by atoms with Crippen LogP contribution >= 0.6 is 12.2 Å². The molecule has 156 valence electrons. The first-order valence-electron chi connectivity index (χ1n) is 10.3. The molecule has 1 N–H and O–H groups in total. The Hall–Kier alpha value is -2.70. The highest BCUT2D eigenvalue weighted by atomic mass is 32.1. The molecule has 4 rings (SSSR count). The molecule has 0 unspecified atom stereocenters. The van der Waals surface area contributed by atoms with Gasteiger partial charge in [-0.15, -0.1) is 0 Å². The first-order valence-corrected chi connectivity index (χ1v) is 10.7. The molecule has 3 aromatic rings. The molecule has 0 amide bonds. The second-order valence-electron chi connectivity index (χ2n) is 7.66. The van der Waals surface area contributed by atoms with Gasteiger partial charge in [0.2, 0.25) is 0 Å². The molecule has 2 atom stereocenters. The van der Waals surface area contributed by atoms with Crippen molar-refractivity contribution in [1.82, 2.24) is 19.8 Å². The fraction of sp³-hybridized carbons (Fsp3) is 0.333. The quantitative estimate of drug-likeness (QED) is 0.450. The fourth-order valence-corrected chi connectivity index (χ4v) is 4.76. The summed E-state index contributed by atoms with van der Waals surface area (Å²) in [7, 11) is 1.74. The molecule has 0 spiro atoms. The van der Waals surface area contributed by atoms with E-state index < -0.39 is 0 Å². The van der Waals surface area contributed by atoms with Crippen LogP contribution in [0, 0.1) is 13.8 Å². The molecule has 1 fully saturated rings. The van der Waals surface area contributed by atoms with Gasteiger partial charge in [-0.2, -0.15) is 0 Å². The maximum Gasteiger partial charge on any atom is 0.170 e. The Morgan fingerprint density at radius 2 is 1.87 bits per heavy atom. The summed E-state index contributed by atoms with van der Waals surface area (Å²) in [6, 6.07) is 18.9. The van der Waals surface area contributed by atoms with Crippen LogP contribution in [0.4, 0.5) is 0 Å². The van der Waals surface area contributed by atoms with E-state index in [1.54, 1.807) is 7.11 Å². The summed E-state index contributed by atoms with van der Waals surface area (Å²) >= 11 is 5.76. The number of rotatable bonds is 7. The summed E-state index contributed by atoms with van der Waals surface area (Å²) < 4.78 is 7.61. The topological polar surface area (TPSA) is 42.3 Å². The average molecular weight is 421 g/mol.